The van der Waals surface area contributed by atoms with Crippen LogP contribution in [-0.2, 0) is 5.41 Å². The second-order valence-electron chi connectivity index (χ2n) is 5.57. The molecule has 104 valence electrons. The van der Waals surface area contributed by atoms with Gasteiger partial charge < -0.3 is 10.6 Å². The van der Waals surface area contributed by atoms with Crippen molar-refractivity contribution in [3.05, 3.63) is 34.6 Å². The van der Waals surface area contributed by atoms with E-state index in [2.05, 4.69) is 22.5 Å². The van der Waals surface area contributed by atoms with E-state index in [9.17, 15) is 4.39 Å². The number of rotatable bonds is 3. The summed E-state index contributed by atoms with van der Waals surface area (Å²) in [6.07, 6.45) is 0. The molecular formula is C14H19ClFN3. The lowest BCUT2D eigenvalue weighted by molar-refractivity contribution is 0.474. The van der Waals surface area contributed by atoms with Crippen molar-refractivity contribution in [2.24, 2.45) is 4.99 Å². The average Bonchev–Trinajstić information content (AvgIpc) is 2.76. The molecule has 0 aromatic heterocycles. The van der Waals surface area contributed by atoms with E-state index >= 15 is 0 Å². The maximum absolute atomic E-state index is 14.1. The normalized spacial score (nSPS) is 19.0. The van der Waals surface area contributed by atoms with Gasteiger partial charge in [0.15, 0.2) is 5.96 Å². The molecule has 1 heterocycles. The SMILES string of the molecule is CC1CN=C(NCC(C)(C)c2cccc(Cl)c2F)N1. The first kappa shape index (κ1) is 14.1. The van der Waals surface area contributed by atoms with E-state index in [0.29, 0.717) is 18.2 Å². The van der Waals surface area contributed by atoms with Gasteiger partial charge in [0.25, 0.3) is 0 Å². The smallest absolute Gasteiger partial charge is 0.191 e. The Morgan fingerprint density at radius 1 is 1.53 bits per heavy atom. The summed E-state index contributed by atoms with van der Waals surface area (Å²) in [5.41, 5.74) is 0.240. The third-order valence-corrected chi connectivity index (χ3v) is 3.58. The number of hydrogen-bond acceptors (Lipinski definition) is 3. The Hall–Kier alpha value is -1.29. The predicted molar refractivity (Wildman–Crippen MR) is 77.3 cm³/mol. The number of halogens is 2. The summed E-state index contributed by atoms with van der Waals surface area (Å²) < 4.78 is 14.1. The summed E-state index contributed by atoms with van der Waals surface area (Å²) >= 11 is 5.83. The molecule has 0 fully saturated rings. The van der Waals surface area contributed by atoms with E-state index in [1.54, 1.807) is 18.2 Å². The van der Waals surface area contributed by atoms with Crippen LogP contribution in [0, 0.1) is 5.82 Å². The van der Waals surface area contributed by atoms with Gasteiger partial charge in [0.2, 0.25) is 0 Å². The Bertz CT molecular complexity index is 499. The lowest BCUT2D eigenvalue weighted by Crippen LogP contribution is -2.43. The van der Waals surface area contributed by atoms with Crippen LogP contribution in [0.4, 0.5) is 4.39 Å². The van der Waals surface area contributed by atoms with Crippen LogP contribution in [0.15, 0.2) is 23.2 Å². The molecule has 0 saturated heterocycles. The molecule has 3 nitrogen and oxygen atoms in total. The fourth-order valence-corrected chi connectivity index (χ4v) is 2.26. The average molecular weight is 284 g/mol. The molecule has 19 heavy (non-hydrogen) atoms. The Labute approximate surface area is 118 Å². The molecule has 2 rings (SSSR count). The van der Waals surface area contributed by atoms with Crippen LogP contribution in [0.2, 0.25) is 5.02 Å². The minimum absolute atomic E-state index is 0.163. The monoisotopic (exact) mass is 283 g/mol. The Kier molecular flexibility index (Phi) is 3.99. The van der Waals surface area contributed by atoms with Gasteiger partial charge >= 0.3 is 0 Å². The zero-order valence-corrected chi connectivity index (χ0v) is 12.2. The second-order valence-corrected chi connectivity index (χ2v) is 5.98. The zero-order valence-electron chi connectivity index (χ0n) is 11.4. The molecular weight excluding hydrogens is 265 g/mol. The Morgan fingerprint density at radius 3 is 2.89 bits per heavy atom. The molecule has 5 heteroatoms. The topological polar surface area (TPSA) is 36.4 Å². The molecule has 0 spiro atoms. The van der Waals surface area contributed by atoms with Crippen molar-refractivity contribution in [3.63, 3.8) is 0 Å². The van der Waals surface area contributed by atoms with Gasteiger partial charge in [0.05, 0.1) is 11.6 Å². The maximum Gasteiger partial charge on any atom is 0.191 e. The van der Waals surface area contributed by atoms with E-state index in [1.165, 1.54) is 0 Å². The number of aliphatic imine (C=N–C) groups is 1. The van der Waals surface area contributed by atoms with Crippen molar-refractivity contribution in [2.75, 3.05) is 13.1 Å². The zero-order chi connectivity index (χ0) is 14.0. The highest BCUT2D eigenvalue weighted by molar-refractivity contribution is 6.30. The highest BCUT2D eigenvalue weighted by Crippen LogP contribution is 2.28. The van der Waals surface area contributed by atoms with E-state index in [4.69, 9.17) is 11.6 Å². The van der Waals surface area contributed by atoms with Gasteiger partial charge in [-0.05, 0) is 18.6 Å². The van der Waals surface area contributed by atoms with Crippen LogP contribution in [0.5, 0.6) is 0 Å². The summed E-state index contributed by atoms with van der Waals surface area (Å²) in [6, 6.07) is 5.47. The first-order valence-corrected chi connectivity index (χ1v) is 6.77. The van der Waals surface area contributed by atoms with Gasteiger partial charge in [0, 0.05) is 18.0 Å². The van der Waals surface area contributed by atoms with Crippen molar-refractivity contribution in [1.29, 1.82) is 0 Å². The summed E-state index contributed by atoms with van der Waals surface area (Å²) in [4.78, 5) is 4.33. The van der Waals surface area contributed by atoms with Gasteiger partial charge in [-0.1, -0.05) is 37.6 Å². The molecule has 0 radical (unpaired) electrons. The molecule has 2 N–H and O–H groups in total. The van der Waals surface area contributed by atoms with Gasteiger partial charge in [-0.2, -0.15) is 0 Å². The van der Waals surface area contributed by atoms with Crippen molar-refractivity contribution in [2.45, 2.75) is 32.2 Å². The number of guanidine groups is 1. The van der Waals surface area contributed by atoms with E-state index in [-0.39, 0.29) is 16.3 Å². The van der Waals surface area contributed by atoms with Crippen molar-refractivity contribution >= 4 is 17.6 Å². The molecule has 1 unspecified atom stereocenters. The minimum Gasteiger partial charge on any atom is -0.356 e. The highest BCUT2D eigenvalue weighted by atomic mass is 35.5. The van der Waals surface area contributed by atoms with E-state index in [1.807, 2.05) is 13.8 Å². The number of nitrogens with zero attached hydrogens (tertiary/aromatic N) is 1. The maximum atomic E-state index is 14.1. The first-order valence-electron chi connectivity index (χ1n) is 6.39. The number of benzene rings is 1. The van der Waals surface area contributed by atoms with Crippen molar-refractivity contribution in [3.8, 4) is 0 Å². The summed E-state index contributed by atoms with van der Waals surface area (Å²) in [6.45, 7) is 7.39. The van der Waals surface area contributed by atoms with Gasteiger partial charge in [-0.25, -0.2) is 4.39 Å². The lowest BCUT2D eigenvalue weighted by Gasteiger charge is -2.27. The fourth-order valence-electron chi connectivity index (χ4n) is 2.09. The predicted octanol–water partition coefficient (Wildman–Crippen LogP) is 2.69. The van der Waals surface area contributed by atoms with Crippen LogP contribution >= 0.6 is 11.6 Å². The quantitative estimate of drug-likeness (QED) is 0.895. The molecule has 1 aromatic rings. The largest absolute Gasteiger partial charge is 0.356 e. The molecule has 1 aliphatic heterocycles. The molecule has 0 saturated carbocycles. The molecule has 0 bridgehead atoms. The minimum atomic E-state index is -0.370. The molecule has 1 aliphatic rings. The van der Waals surface area contributed by atoms with Gasteiger partial charge in [-0.15, -0.1) is 0 Å². The van der Waals surface area contributed by atoms with Crippen LogP contribution in [-0.4, -0.2) is 25.1 Å². The highest BCUT2D eigenvalue weighted by Gasteiger charge is 2.26. The van der Waals surface area contributed by atoms with Crippen LogP contribution < -0.4 is 10.6 Å². The summed E-state index contributed by atoms with van der Waals surface area (Å²) in [5, 5.41) is 6.61. The first-order chi connectivity index (χ1) is 8.90. The van der Waals surface area contributed by atoms with Gasteiger partial charge in [0.1, 0.15) is 5.82 Å². The third kappa shape index (κ3) is 3.18. The molecule has 1 aromatic carbocycles. The number of nitrogens with one attached hydrogen (secondary N) is 2. The Balaban J connectivity index is 2.07. The van der Waals surface area contributed by atoms with Crippen LogP contribution in [0.3, 0.4) is 0 Å². The van der Waals surface area contributed by atoms with Gasteiger partial charge in [-0.3, -0.25) is 4.99 Å². The van der Waals surface area contributed by atoms with Crippen molar-refractivity contribution < 1.29 is 4.39 Å². The molecule has 0 amide bonds. The lowest BCUT2D eigenvalue weighted by atomic mass is 9.84. The number of hydrogen-bond donors (Lipinski definition) is 2. The summed E-state index contributed by atoms with van der Waals surface area (Å²) in [7, 11) is 0. The van der Waals surface area contributed by atoms with E-state index in [0.717, 1.165) is 12.5 Å². The standard InChI is InChI=1S/C14H19ClFN3/c1-9-7-17-13(19-9)18-8-14(2,3)10-5-4-6-11(15)12(10)16/h4-6,9H,7-8H2,1-3H3,(H2,17,18,19). The molecule has 1 atom stereocenters. The Morgan fingerprint density at radius 2 is 2.26 bits per heavy atom. The third-order valence-electron chi connectivity index (χ3n) is 3.28. The molecule has 0 aliphatic carbocycles. The second kappa shape index (κ2) is 5.37. The fraction of sp³-hybridized carbons (Fsp3) is 0.500. The van der Waals surface area contributed by atoms with E-state index < -0.39 is 0 Å². The summed E-state index contributed by atoms with van der Waals surface area (Å²) in [5.74, 6) is 0.439. The van der Waals surface area contributed by atoms with Crippen LogP contribution in [0.1, 0.15) is 26.3 Å². The van der Waals surface area contributed by atoms with Crippen LogP contribution in [0.25, 0.3) is 0 Å². The van der Waals surface area contributed by atoms with Crippen molar-refractivity contribution in [1.82, 2.24) is 10.6 Å².